The van der Waals surface area contributed by atoms with Gasteiger partial charge >= 0.3 is 0 Å². The highest BCUT2D eigenvalue weighted by atomic mass is 127. The Balaban J connectivity index is 0.00000450. The second-order valence-electron chi connectivity index (χ2n) is 8.10. The smallest absolute Gasteiger partial charge is 0.234 e. The van der Waals surface area contributed by atoms with Crippen molar-refractivity contribution in [2.45, 2.75) is 45.6 Å². The van der Waals surface area contributed by atoms with Gasteiger partial charge in [0, 0.05) is 25.7 Å². The van der Waals surface area contributed by atoms with Crippen molar-refractivity contribution >= 4 is 45.6 Å². The summed E-state index contributed by atoms with van der Waals surface area (Å²) in [5.41, 5.74) is 0.678. The quantitative estimate of drug-likeness (QED) is 0.261. The fraction of sp³-hybridized carbons (Fsp3) is 0.650. The molecule has 1 fully saturated rings. The van der Waals surface area contributed by atoms with Crippen LogP contribution in [0, 0.1) is 12.7 Å². The molecule has 0 atom stereocenters. The predicted octanol–water partition coefficient (Wildman–Crippen LogP) is 2.92. The molecular formula is C20H35FIN5O2S. The Morgan fingerprint density at radius 1 is 1.20 bits per heavy atom. The minimum absolute atomic E-state index is 0. The Labute approximate surface area is 197 Å². The summed E-state index contributed by atoms with van der Waals surface area (Å²) < 4.78 is 40.5. The average molecular weight is 556 g/mol. The van der Waals surface area contributed by atoms with Gasteiger partial charge in [-0.1, -0.05) is 12.5 Å². The number of aryl methyl sites for hydroxylation is 1. The first-order chi connectivity index (χ1) is 13.6. The Morgan fingerprint density at radius 2 is 1.87 bits per heavy atom. The van der Waals surface area contributed by atoms with E-state index in [1.807, 2.05) is 0 Å². The van der Waals surface area contributed by atoms with Gasteiger partial charge in [0.25, 0.3) is 0 Å². The number of hydrogen-bond acceptors (Lipinski definition) is 4. The van der Waals surface area contributed by atoms with E-state index in [4.69, 9.17) is 0 Å². The molecule has 0 radical (unpaired) electrons. The number of benzene rings is 1. The standard InChI is InChI=1S/C20H34FN5O2S.HI/c1-16-8-9-17(14-18(16)21)25-29(27,28)13-10-23-19(22-4)24-15-20(2,3)26-11-6-5-7-12-26;/h8-9,14,25H,5-7,10-13,15H2,1-4H3,(H2,22,23,24);1H. The summed E-state index contributed by atoms with van der Waals surface area (Å²) in [5, 5.41) is 6.32. The van der Waals surface area contributed by atoms with E-state index in [-0.39, 0.29) is 47.5 Å². The van der Waals surface area contributed by atoms with Gasteiger partial charge in [-0.05, 0) is 64.4 Å². The predicted molar refractivity (Wildman–Crippen MR) is 133 cm³/mol. The van der Waals surface area contributed by atoms with E-state index >= 15 is 0 Å². The lowest BCUT2D eigenvalue weighted by atomic mass is 9.98. The van der Waals surface area contributed by atoms with Gasteiger partial charge in [0.15, 0.2) is 5.96 Å². The highest BCUT2D eigenvalue weighted by Crippen LogP contribution is 2.19. The van der Waals surface area contributed by atoms with Crippen molar-refractivity contribution in [1.82, 2.24) is 15.5 Å². The first-order valence-corrected chi connectivity index (χ1v) is 11.7. The van der Waals surface area contributed by atoms with Crippen LogP contribution in [0.1, 0.15) is 38.7 Å². The number of sulfonamides is 1. The summed E-state index contributed by atoms with van der Waals surface area (Å²) >= 11 is 0. The van der Waals surface area contributed by atoms with E-state index in [1.165, 1.54) is 25.3 Å². The maximum Gasteiger partial charge on any atom is 0.234 e. The molecule has 1 aliphatic rings. The Kier molecular flexibility index (Phi) is 10.8. The van der Waals surface area contributed by atoms with E-state index < -0.39 is 15.8 Å². The van der Waals surface area contributed by atoms with Crippen LogP contribution >= 0.6 is 24.0 Å². The third-order valence-corrected chi connectivity index (χ3v) is 6.52. The van der Waals surface area contributed by atoms with Crippen LogP contribution in [0.5, 0.6) is 0 Å². The van der Waals surface area contributed by atoms with Crippen molar-refractivity contribution < 1.29 is 12.8 Å². The summed E-state index contributed by atoms with van der Waals surface area (Å²) in [4.78, 5) is 6.65. The van der Waals surface area contributed by atoms with Crippen LogP contribution < -0.4 is 15.4 Å². The second-order valence-corrected chi connectivity index (χ2v) is 9.94. The van der Waals surface area contributed by atoms with Gasteiger partial charge in [-0.3, -0.25) is 14.6 Å². The molecular weight excluding hydrogens is 520 g/mol. The van der Waals surface area contributed by atoms with Crippen molar-refractivity contribution in [2.24, 2.45) is 4.99 Å². The first kappa shape index (κ1) is 26.9. The molecule has 30 heavy (non-hydrogen) atoms. The lowest BCUT2D eigenvalue weighted by Crippen LogP contribution is -2.55. The highest BCUT2D eigenvalue weighted by Gasteiger charge is 2.27. The number of aliphatic imine (C=N–C) groups is 1. The van der Waals surface area contributed by atoms with Gasteiger partial charge in [-0.25, -0.2) is 12.8 Å². The molecule has 3 N–H and O–H groups in total. The Morgan fingerprint density at radius 3 is 2.47 bits per heavy atom. The summed E-state index contributed by atoms with van der Waals surface area (Å²) in [7, 11) is -1.94. The van der Waals surface area contributed by atoms with Crippen LogP contribution in [0.25, 0.3) is 0 Å². The molecule has 0 saturated carbocycles. The number of rotatable bonds is 8. The second kappa shape index (κ2) is 12.0. The third-order valence-electron chi connectivity index (χ3n) is 5.23. The van der Waals surface area contributed by atoms with Crippen LogP contribution in [-0.2, 0) is 10.0 Å². The lowest BCUT2D eigenvalue weighted by Gasteiger charge is -2.41. The molecule has 0 bridgehead atoms. The first-order valence-electron chi connectivity index (χ1n) is 10.1. The van der Waals surface area contributed by atoms with Crippen LogP contribution in [0.2, 0.25) is 0 Å². The zero-order chi connectivity index (χ0) is 21.5. The van der Waals surface area contributed by atoms with Crippen molar-refractivity contribution in [2.75, 3.05) is 43.7 Å². The molecule has 0 aromatic heterocycles. The van der Waals surface area contributed by atoms with E-state index in [0.717, 1.165) is 13.1 Å². The van der Waals surface area contributed by atoms with Gasteiger partial charge in [0.2, 0.25) is 10.0 Å². The lowest BCUT2D eigenvalue weighted by molar-refractivity contribution is 0.0982. The fourth-order valence-corrected chi connectivity index (χ4v) is 4.28. The third kappa shape index (κ3) is 8.54. The summed E-state index contributed by atoms with van der Waals surface area (Å²) in [6.07, 6.45) is 3.75. The fourth-order valence-electron chi connectivity index (χ4n) is 3.32. The topological polar surface area (TPSA) is 85.8 Å². The van der Waals surface area contributed by atoms with Crippen molar-refractivity contribution in [3.63, 3.8) is 0 Å². The molecule has 2 rings (SSSR count). The maximum atomic E-state index is 13.6. The molecule has 0 unspecified atom stereocenters. The summed E-state index contributed by atoms with van der Waals surface area (Å²) in [6, 6.07) is 4.28. The van der Waals surface area contributed by atoms with Crippen LogP contribution in [0.3, 0.4) is 0 Å². The van der Waals surface area contributed by atoms with Gasteiger partial charge < -0.3 is 10.6 Å². The number of nitrogens with zero attached hydrogens (tertiary/aromatic N) is 2. The summed E-state index contributed by atoms with van der Waals surface area (Å²) in [5.74, 6) is -0.0328. The number of hydrogen-bond donors (Lipinski definition) is 3. The van der Waals surface area contributed by atoms with Gasteiger partial charge in [0.1, 0.15) is 5.82 Å². The molecule has 1 aliphatic heterocycles. The maximum absolute atomic E-state index is 13.6. The van der Waals surface area contributed by atoms with Crippen LogP contribution in [0.15, 0.2) is 23.2 Å². The van der Waals surface area contributed by atoms with Crippen LogP contribution in [0.4, 0.5) is 10.1 Å². The van der Waals surface area contributed by atoms with Crippen molar-refractivity contribution in [1.29, 1.82) is 0 Å². The number of likely N-dealkylation sites (tertiary alicyclic amines) is 1. The van der Waals surface area contributed by atoms with Gasteiger partial charge in [0.05, 0.1) is 11.4 Å². The zero-order valence-corrected chi connectivity index (χ0v) is 21.4. The minimum atomic E-state index is -3.60. The Bertz CT molecular complexity index is 811. The van der Waals surface area contributed by atoms with E-state index in [9.17, 15) is 12.8 Å². The molecule has 1 aromatic carbocycles. The number of nitrogens with one attached hydrogen (secondary N) is 3. The average Bonchev–Trinajstić information content (AvgIpc) is 2.68. The number of guanidine groups is 1. The van der Waals surface area contributed by atoms with Crippen molar-refractivity contribution in [3.8, 4) is 0 Å². The van der Waals surface area contributed by atoms with Gasteiger partial charge in [-0.15, -0.1) is 24.0 Å². The molecule has 10 heteroatoms. The van der Waals surface area contributed by atoms with E-state index in [2.05, 4.69) is 39.1 Å². The molecule has 0 aliphatic carbocycles. The van der Waals surface area contributed by atoms with E-state index in [0.29, 0.717) is 18.1 Å². The van der Waals surface area contributed by atoms with Crippen LogP contribution in [-0.4, -0.2) is 63.8 Å². The highest BCUT2D eigenvalue weighted by molar-refractivity contribution is 14.0. The molecule has 1 saturated heterocycles. The number of anilines is 1. The molecule has 172 valence electrons. The van der Waals surface area contributed by atoms with Gasteiger partial charge in [-0.2, -0.15) is 0 Å². The summed E-state index contributed by atoms with van der Waals surface area (Å²) in [6.45, 7) is 9.13. The molecule has 1 heterocycles. The molecule has 0 amide bonds. The SMILES string of the molecule is CN=C(NCCS(=O)(=O)Nc1ccc(C)c(F)c1)NCC(C)(C)N1CCCCC1.I. The number of halogens is 2. The molecule has 7 nitrogen and oxygen atoms in total. The minimum Gasteiger partial charge on any atom is -0.355 e. The monoisotopic (exact) mass is 555 g/mol. The number of piperidine rings is 1. The zero-order valence-electron chi connectivity index (χ0n) is 18.3. The molecule has 1 aromatic rings. The normalized spacial score (nSPS) is 16.0. The molecule has 0 spiro atoms. The van der Waals surface area contributed by atoms with Crippen molar-refractivity contribution in [3.05, 3.63) is 29.6 Å². The Hall–Kier alpha value is -1.14. The van der Waals surface area contributed by atoms with E-state index in [1.54, 1.807) is 26.1 Å². The largest absolute Gasteiger partial charge is 0.355 e.